The number of anilines is 2. The zero-order valence-corrected chi connectivity index (χ0v) is 19.8. The van der Waals surface area contributed by atoms with E-state index >= 15 is 0 Å². The lowest BCUT2D eigenvalue weighted by molar-refractivity contribution is 0.102. The molecule has 2 aromatic carbocycles. The number of hydrogen-bond donors (Lipinski definition) is 1. The summed E-state index contributed by atoms with van der Waals surface area (Å²) in [4.78, 5) is 14.9. The van der Waals surface area contributed by atoms with Crippen LogP contribution < -0.4 is 10.2 Å². The van der Waals surface area contributed by atoms with Gasteiger partial charge in [0.05, 0.1) is 11.1 Å². The van der Waals surface area contributed by atoms with Crippen molar-refractivity contribution in [3.05, 3.63) is 72.2 Å². The smallest absolute Gasteiger partial charge is 0.256 e. The molecular weight excluding hydrogens is 457 g/mol. The van der Waals surface area contributed by atoms with Crippen LogP contribution >= 0.6 is 0 Å². The van der Waals surface area contributed by atoms with Crippen LogP contribution in [0.15, 0.2) is 65.7 Å². The normalized spacial score (nSPS) is 14.8. The molecule has 1 aliphatic heterocycles. The first kappa shape index (κ1) is 23.9. The highest BCUT2D eigenvalue weighted by Gasteiger charge is 2.29. The first-order valence-electron chi connectivity index (χ1n) is 11.3. The van der Waals surface area contributed by atoms with Gasteiger partial charge in [0.2, 0.25) is 10.0 Å². The number of carbonyl (C=O) groups excluding carboxylic acids is 1. The molecule has 1 saturated heterocycles. The average Bonchev–Trinajstić information content (AvgIpc) is 3.30. The van der Waals surface area contributed by atoms with Gasteiger partial charge in [0.1, 0.15) is 11.6 Å². The highest BCUT2D eigenvalue weighted by Crippen LogP contribution is 2.22. The van der Waals surface area contributed by atoms with Crippen molar-refractivity contribution >= 4 is 27.4 Å². The van der Waals surface area contributed by atoms with Crippen LogP contribution in [-0.4, -0.2) is 54.6 Å². The maximum absolute atomic E-state index is 13.3. The highest BCUT2D eigenvalue weighted by molar-refractivity contribution is 7.89. The predicted octanol–water partition coefficient (Wildman–Crippen LogP) is 3.59. The number of unbranched alkanes of at least 4 members (excludes halogenated alkanes) is 1. The maximum atomic E-state index is 13.3. The first-order valence-corrected chi connectivity index (χ1v) is 12.8. The number of nitrogens with zero attached hydrogens (tertiary/aromatic N) is 4. The Balaban J connectivity index is 1.44. The fraction of sp³-hybridized carbons (Fsp3) is 0.333. The number of piperazine rings is 1. The Morgan fingerprint density at radius 3 is 2.50 bits per heavy atom. The number of carbonyl (C=O) groups is 1. The van der Waals surface area contributed by atoms with Gasteiger partial charge in [0.25, 0.3) is 5.91 Å². The molecule has 8 nitrogen and oxygen atoms in total. The molecule has 0 aliphatic carbocycles. The molecule has 0 saturated carbocycles. The zero-order chi connectivity index (χ0) is 24.1. The number of halogens is 1. The van der Waals surface area contributed by atoms with Gasteiger partial charge in [0.15, 0.2) is 0 Å². The summed E-state index contributed by atoms with van der Waals surface area (Å²) in [6, 6.07) is 14.0. The van der Waals surface area contributed by atoms with Gasteiger partial charge < -0.3 is 10.2 Å². The van der Waals surface area contributed by atoms with Gasteiger partial charge in [0, 0.05) is 50.0 Å². The van der Waals surface area contributed by atoms with E-state index in [1.165, 1.54) is 28.6 Å². The fourth-order valence-corrected chi connectivity index (χ4v) is 5.37. The van der Waals surface area contributed by atoms with Gasteiger partial charge in [-0.3, -0.25) is 4.79 Å². The van der Waals surface area contributed by atoms with E-state index in [0.717, 1.165) is 18.5 Å². The molecule has 1 amide bonds. The fourth-order valence-electron chi connectivity index (χ4n) is 3.90. The van der Waals surface area contributed by atoms with E-state index in [4.69, 9.17) is 0 Å². The summed E-state index contributed by atoms with van der Waals surface area (Å²) in [5, 5.41) is 7.05. The molecule has 0 unspecified atom stereocenters. The average molecular weight is 486 g/mol. The summed E-state index contributed by atoms with van der Waals surface area (Å²) in [6.07, 6.45) is 3.57. The lowest BCUT2D eigenvalue weighted by Crippen LogP contribution is -2.48. The molecule has 1 aliphatic rings. The van der Waals surface area contributed by atoms with E-state index < -0.39 is 15.9 Å². The van der Waals surface area contributed by atoms with Crippen LogP contribution in [0.2, 0.25) is 0 Å². The third-order valence-electron chi connectivity index (χ3n) is 5.85. The molecule has 180 valence electrons. The van der Waals surface area contributed by atoms with E-state index in [0.29, 0.717) is 38.5 Å². The Morgan fingerprint density at radius 1 is 1.06 bits per heavy atom. The minimum atomic E-state index is -3.76. The van der Waals surface area contributed by atoms with Crippen LogP contribution in [0.5, 0.6) is 0 Å². The van der Waals surface area contributed by atoms with Crippen molar-refractivity contribution in [1.82, 2.24) is 14.1 Å². The second-order valence-electron chi connectivity index (χ2n) is 8.14. The molecule has 0 radical (unpaired) electrons. The molecule has 0 atom stereocenters. The van der Waals surface area contributed by atoms with Crippen molar-refractivity contribution in [1.29, 1.82) is 0 Å². The summed E-state index contributed by atoms with van der Waals surface area (Å²) < 4.78 is 42.8. The minimum absolute atomic E-state index is 0.0786. The van der Waals surface area contributed by atoms with Gasteiger partial charge in [-0.1, -0.05) is 19.4 Å². The summed E-state index contributed by atoms with van der Waals surface area (Å²) in [5.74, 6) is -0.126. The van der Waals surface area contributed by atoms with Crippen LogP contribution in [0.4, 0.5) is 15.9 Å². The second kappa shape index (κ2) is 10.4. The Bertz CT molecular complexity index is 1240. The molecular formula is C24H28FN5O3S. The third-order valence-corrected chi connectivity index (χ3v) is 7.74. The van der Waals surface area contributed by atoms with Crippen molar-refractivity contribution in [2.75, 3.05) is 36.4 Å². The Labute approximate surface area is 199 Å². The number of amides is 1. The van der Waals surface area contributed by atoms with Crippen LogP contribution in [0.1, 0.15) is 30.1 Å². The molecule has 34 heavy (non-hydrogen) atoms. The molecule has 2 heterocycles. The Kier molecular flexibility index (Phi) is 7.28. The SMILES string of the molecule is CCCCn1nccc1NC(=O)c1cccc(S(=O)(=O)N2CCN(c3ccc(F)cc3)CC2)c1. The largest absolute Gasteiger partial charge is 0.369 e. The van der Waals surface area contributed by atoms with Crippen molar-refractivity contribution in [3.8, 4) is 0 Å². The number of sulfonamides is 1. The number of rotatable bonds is 8. The van der Waals surface area contributed by atoms with Crippen LogP contribution in [0, 0.1) is 5.82 Å². The molecule has 1 N–H and O–H groups in total. The molecule has 0 bridgehead atoms. The third kappa shape index (κ3) is 5.28. The summed E-state index contributed by atoms with van der Waals surface area (Å²) in [6.45, 7) is 4.35. The lowest BCUT2D eigenvalue weighted by atomic mass is 10.2. The van der Waals surface area contributed by atoms with Gasteiger partial charge in [-0.15, -0.1) is 0 Å². The molecule has 4 rings (SSSR count). The lowest BCUT2D eigenvalue weighted by Gasteiger charge is -2.35. The zero-order valence-electron chi connectivity index (χ0n) is 19.0. The number of aromatic nitrogens is 2. The van der Waals surface area contributed by atoms with E-state index in [-0.39, 0.29) is 16.3 Å². The van der Waals surface area contributed by atoms with Gasteiger partial charge in [-0.05, 0) is 48.9 Å². The van der Waals surface area contributed by atoms with Crippen molar-refractivity contribution in [2.24, 2.45) is 0 Å². The number of aryl methyl sites for hydroxylation is 1. The van der Waals surface area contributed by atoms with Gasteiger partial charge in [-0.2, -0.15) is 9.40 Å². The predicted molar refractivity (Wildman–Crippen MR) is 129 cm³/mol. The maximum Gasteiger partial charge on any atom is 0.256 e. The van der Waals surface area contributed by atoms with Crippen molar-refractivity contribution in [2.45, 2.75) is 31.2 Å². The van der Waals surface area contributed by atoms with Crippen LogP contribution in [0.25, 0.3) is 0 Å². The second-order valence-corrected chi connectivity index (χ2v) is 10.1. The highest BCUT2D eigenvalue weighted by atomic mass is 32.2. The molecule has 1 fully saturated rings. The number of nitrogens with one attached hydrogen (secondary N) is 1. The van der Waals surface area contributed by atoms with E-state index in [2.05, 4.69) is 17.3 Å². The topological polar surface area (TPSA) is 87.5 Å². The molecule has 1 aromatic heterocycles. The number of hydrogen-bond acceptors (Lipinski definition) is 5. The van der Waals surface area contributed by atoms with Crippen molar-refractivity contribution in [3.63, 3.8) is 0 Å². The van der Waals surface area contributed by atoms with Gasteiger partial charge >= 0.3 is 0 Å². The number of benzene rings is 2. The Morgan fingerprint density at radius 2 is 1.79 bits per heavy atom. The first-order chi connectivity index (χ1) is 16.4. The molecule has 3 aromatic rings. The van der Waals surface area contributed by atoms with E-state index in [9.17, 15) is 17.6 Å². The summed E-state index contributed by atoms with van der Waals surface area (Å²) >= 11 is 0. The Hall–Kier alpha value is -3.24. The summed E-state index contributed by atoms with van der Waals surface area (Å²) in [5.41, 5.74) is 1.12. The van der Waals surface area contributed by atoms with Crippen LogP contribution in [0.3, 0.4) is 0 Å². The molecule has 0 spiro atoms. The standard InChI is InChI=1S/C24H28FN5O3S/c1-2-3-13-30-23(11-12-26-30)27-24(31)19-5-4-6-22(18-19)34(32,33)29-16-14-28(15-17-29)21-9-7-20(25)8-10-21/h4-12,18H,2-3,13-17H2,1H3,(H,27,31). The monoisotopic (exact) mass is 485 g/mol. The summed E-state index contributed by atoms with van der Waals surface area (Å²) in [7, 11) is -3.76. The van der Waals surface area contributed by atoms with E-state index in [1.807, 2.05) is 4.90 Å². The minimum Gasteiger partial charge on any atom is -0.369 e. The quantitative estimate of drug-likeness (QED) is 0.527. The van der Waals surface area contributed by atoms with E-state index in [1.54, 1.807) is 41.2 Å². The molecule has 10 heteroatoms. The van der Waals surface area contributed by atoms with Gasteiger partial charge in [-0.25, -0.2) is 17.5 Å². The van der Waals surface area contributed by atoms with Crippen LogP contribution in [-0.2, 0) is 16.6 Å². The van der Waals surface area contributed by atoms with Crippen molar-refractivity contribution < 1.29 is 17.6 Å².